The van der Waals surface area contributed by atoms with Crippen LogP contribution in [0.2, 0.25) is 5.02 Å². The predicted octanol–water partition coefficient (Wildman–Crippen LogP) is 4.26. The SMILES string of the molecule is Nc1ccc(CCC(=O)Nc2ccc(Br)cc2Cl)cc1. The number of rotatable bonds is 4. The molecular weight excluding hydrogens is 340 g/mol. The quantitative estimate of drug-likeness (QED) is 0.807. The summed E-state index contributed by atoms with van der Waals surface area (Å²) in [5.41, 5.74) is 8.04. The average molecular weight is 354 g/mol. The molecule has 0 spiro atoms. The molecule has 0 radical (unpaired) electrons. The Morgan fingerprint density at radius 2 is 1.90 bits per heavy atom. The van der Waals surface area contributed by atoms with E-state index >= 15 is 0 Å². The van der Waals surface area contributed by atoms with Gasteiger partial charge in [0.05, 0.1) is 10.7 Å². The summed E-state index contributed by atoms with van der Waals surface area (Å²) in [6.45, 7) is 0. The highest BCUT2D eigenvalue weighted by molar-refractivity contribution is 9.10. The summed E-state index contributed by atoms with van der Waals surface area (Å²) in [6.07, 6.45) is 1.07. The summed E-state index contributed by atoms with van der Waals surface area (Å²) in [5, 5.41) is 3.32. The number of nitrogens with two attached hydrogens (primary N) is 1. The van der Waals surface area contributed by atoms with Crippen LogP contribution < -0.4 is 11.1 Å². The minimum Gasteiger partial charge on any atom is -0.399 e. The van der Waals surface area contributed by atoms with Crippen molar-refractivity contribution in [2.45, 2.75) is 12.8 Å². The third-order valence-corrected chi connectivity index (χ3v) is 3.63. The van der Waals surface area contributed by atoms with Crippen molar-refractivity contribution in [3.63, 3.8) is 0 Å². The number of hydrogen-bond acceptors (Lipinski definition) is 2. The van der Waals surface area contributed by atoms with Gasteiger partial charge in [-0.15, -0.1) is 0 Å². The predicted molar refractivity (Wildman–Crippen MR) is 87.0 cm³/mol. The van der Waals surface area contributed by atoms with Crippen LogP contribution >= 0.6 is 27.5 Å². The average Bonchev–Trinajstić information content (AvgIpc) is 2.41. The van der Waals surface area contributed by atoms with Gasteiger partial charge in [-0.3, -0.25) is 4.79 Å². The van der Waals surface area contributed by atoms with E-state index in [1.165, 1.54) is 0 Å². The Morgan fingerprint density at radius 3 is 2.55 bits per heavy atom. The summed E-state index contributed by atoms with van der Waals surface area (Å²) in [4.78, 5) is 11.9. The first-order chi connectivity index (χ1) is 9.54. The number of anilines is 2. The van der Waals surface area contributed by atoms with Crippen LogP contribution in [0.1, 0.15) is 12.0 Å². The summed E-state index contributed by atoms with van der Waals surface area (Å²) < 4.78 is 0.877. The van der Waals surface area contributed by atoms with Crippen LogP contribution in [0.25, 0.3) is 0 Å². The van der Waals surface area contributed by atoms with E-state index in [0.717, 1.165) is 15.7 Å². The molecule has 0 aliphatic heterocycles. The molecule has 0 unspecified atom stereocenters. The number of amides is 1. The van der Waals surface area contributed by atoms with Crippen molar-refractivity contribution >= 4 is 44.8 Å². The van der Waals surface area contributed by atoms with Crippen LogP contribution in [0, 0.1) is 0 Å². The van der Waals surface area contributed by atoms with E-state index in [-0.39, 0.29) is 5.91 Å². The lowest BCUT2D eigenvalue weighted by molar-refractivity contribution is -0.116. The number of nitrogens with one attached hydrogen (secondary N) is 1. The number of hydrogen-bond donors (Lipinski definition) is 2. The topological polar surface area (TPSA) is 55.1 Å². The van der Waals surface area contributed by atoms with Gasteiger partial charge in [-0.05, 0) is 42.3 Å². The molecule has 0 aromatic heterocycles. The maximum atomic E-state index is 11.9. The Labute approximate surface area is 131 Å². The van der Waals surface area contributed by atoms with Gasteiger partial charge in [0.2, 0.25) is 5.91 Å². The van der Waals surface area contributed by atoms with Crippen molar-refractivity contribution in [2.24, 2.45) is 0 Å². The Hall–Kier alpha value is -1.52. The fraction of sp³-hybridized carbons (Fsp3) is 0.133. The lowest BCUT2D eigenvalue weighted by Gasteiger charge is -2.07. The zero-order chi connectivity index (χ0) is 14.5. The molecule has 1 amide bonds. The van der Waals surface area contributed by atoms with Crippen LogP contribution in [0.15, 0.2) is 46.9 Å². The van der Waals surface area contributed by atoms with Crippen LogP contribution in [-0.2, 0) is 11.2 Å². The highest BCUT2D eigenvalue weighted by atomic mass is 79.9. The van der Waals surface area contributed by atoms with Gasteiger partial charge in [-0.1, -0.05) is 39.7 Å². The van der Waals surface area contributed by atoms with E-state index in [1.54, 1.807) is 12.1 Å². The van der Waals surface area contributed by atoms with Gasteiger partial charge in [0.15, 0.2) is 0 Å². The van der Waals surface area contributed by atoms with E-state index < -0.39 is 0 Å². The second-order valence-electron chi connectivity index (χ2n) is 4.41. The molecular formula is C15H14BrClN2O. The third-order valence-electron chi connectivity index (χ3n) is 2.83. The van der Waals surface area contributed by atoms with Gasteiger partial charge in [-0.25, -0.2) is 0 Å². The minimum absolute atomic E-state index is 0.0638. The monoisotopic (exact) mass is 352 g/mol. The Balaban J connectivity index is 1.90. The van der Waals surface area contributed by atoms with Gasteiger partial charge in [0.25, 0.3) is 0 Å². The maximum absolute atomic E-state index is 11.9. The number of carbonyl (C=O) groups is 1. The smallest absolute Gasteiger partial charge is 0.224 e. The summed E-state index contributed by atoms with van der Waals surface area (Å²) in [5.74, 6) is -0.0638. The lowest BCUT2D eigenvalue weighted by Crippen LogP contribution is -2.12. The largest absolute Gasteiger partial charge is 0.399 e. The highest BCUT2D eigenvalue weighted by Crippen LogP contribution is 2.25. The van der Waals surface area contributed by atoms with Crippen molar-refractivity contribution in [3.05, 3.63) is 57.5 Å². The minimum atomic E-state index is -0.0638. The number of nitrogen functional groups attached to an aromatic ring is 1. The van der Waals surface area contributed by atoms with E-state index in [1.807, 2.05) is 30.3 Å². The highest BCUT2D eigenvalue weighted by Gasteiger charge is 2.06. The van der Waals surface area contributed by atoms with Gasteiger partial charge in [0.1, 0.15) is 0 Å². The molecule has 5 heteroatoms. The summed E-state index contributed by atoms with van der Waals surface area (Å²) in [6, 6.07) is 12.9. The molecule has 0 fully saturated rings. The Bertz CT molecular complexity index is 614. The van der Waals surface area contributed by atoms with Gasteiger partial charge >= 0.3 is 0 Å². The normalized spacial score (nSPS) is 10.3. The molecule has 0 atom stereocenters. The van der Waals surface area contributed by atoms with Crippen LogP contribution in [-0.4, -0.2) is 5.91 Å². The van der Waals surface area contributed by atoms with Gasteiger partial charge < -0.3 is 11.1 Å². The zero-order valence-electron chi connectivity index (χ0n) is 10.7. The van der Waals surface area contributed by atoms with Crippen LogP contribution in [0.5, 0.6) is 0 Å². The third kappa shape index (κ3) is 4.25. The molecule has 0 aliphatic rings. The van der Waals surface area contributed by atoms with Gasteiger partial charge in [0, 0.05) is 16.6 Å². The number of carbonyl (C=O) groups excluding carboxylic acids is 1. The number of halogens is 2. The van der Waals surface area contributed by atoms with E-state index in [2.05, 4.69) is 21.2 Å². The fourth-order valence-corrected chi connectivity index (χ4v) is 2.47. The molecule has 0 saturated heterocycles. The van der Waals surface area contributed by atoms with E-state index in [0.29, 0.717) is 23.6 Å². The van der Waals surface area contributed by atoms with E-state index in [9.17, 15) is 4.79 Å². The standard InChI is InChI=1S/C15H14BrClN2O/c16-11-4-7-14(13(17)9-11)19-15(20)8-3-10-1-5-12(18)6-2-10/h1-2,4-7,9H,3,8,18H2,(H,19,20). The molecule has 20 heavy (non-hydrogen) atoms. The van der Waals surface area contributed by atoms with Crippen molar-refractivity contribution in [3.8, 4) is 0 Å². The molecule has 0 saturated carbocycles. The van der Waals surface area contributed by atoms with Crippen molar-refractivity contribution in [1.82, 2.24) is 0 Å². The Kier molecular flexibility index (Phi) is 5.04. The first-order valence-electron chi connectivity index (χ1n) is 6.14. The first kappa shape index (κ1) is 14.9. The van der Waals surface area contributed by atoms with Crippen molar-refractivity contribution < 1.29 is 4.79 Å². The second kappa shape index (κ2) is 6.77. The van der Waals surface area contributed by atoms with E-state index in [4.69, 9.17) is 17.3 Å². The molecule has 2 aromatic carbocycles. The van der Waals surface area contributed by atoms with Crippen molar-refractivity contribution in [1.29, 1.82) is 0 Å². The fourth-order valence-electron chi connectivity index (χ4n) is 1.75. The summed E-state index contributed by atoms with van der Waals surface area (Å²) in [7, 11) is 0. The Morgan fingerprint density at radius 1 is 1.20 bits per heavy atom. The first-order valence-corrected chi connectivity index (χ1v) is 7.31. The molecule has 0 aliphatic carbocycles. The molecule has 104 valence electrons. The maximum Gasteiger partial charge on any atom is 0.224 e. The molecule has 2 rings (SSSR count). The molecule has 0 bridgehead atoms. The van der Waals surface area contributed by atoms with Crippen molar-refractivity contribution in [2.75, 3.05) is 11.1 Å². The molecule has 3 N–H and O–H groups in total. The molecule has 3 nitrogen and oxygen atoms in total. The molecule has 2 aromatic rings. The van der Waals surface area contributed by atoms with Gasteiger partial charge in [-0.2, -0.15) is 0 Å². The molecule has 0 heterocycles. The summed E-state index contributed by atoms with van der Waals surface area (Å²) >= 11 is 9.37. The number of benzene rings is 2. The lowest BCUT2D eigenvalue weighted by atomic mass is 10.1. The van der Waals surface area contributed by atoms with Crippen LogP contribution in [0.4, 0.5) is 11.4 Å². The second-order valence-corrected chi connectivity index (χ2v) is 5.74. The zero-order valence-corrected chi connectivity index (χ0v) is 13.0. The number of aryl methyl sites for hydroxylation is 1. The van der Waals surface area contributed by atoms with Crippen LogP contribution in [0.3, 0.4) is 0 Å².